The molecule has 19 heavy (non-hydrogen) atoms. The summed E-state index contributed by atoms with van der Waals surface area (Å²) in [6, 6.07) is 3.89. The first-order valence-electron chi connectivity index (χ1n) is 7.39. The van der Waals surface area contributed by atoms with E-state index in [0.29, 0.717) is 10.7 Å². The van der Waals surface area contributed by atoms with Crippen LogP contribution in [-0.4, -0.2) is 6.54 Å². The Balaban J connectivity index is 1.88. The molecule has 1 aromatic carbocycles. The number of aryl methyl sites for hydroxylation is 1. The number of halogens is 1. The average molecular weight is 281 g/mol. The largest absolute Gasteiger partial charge is 0.398 e. The second-order valence-electron chi connectivity index (χ2n) is 5.86. The molecule has 1 aliphatic carbocycles. The van der Waals surface area contributed by atoms with Gasteiger partial charge in [0.15, 0.2) is 0 Å². The van der Waals surface area contributed by atoms with Gasteiger partial charge in [0.05, 0.1) is 10.7 Å². The number of hydrogen-bond donors (Lipinski definition) is 2. The minimum Gasteiger partial charge on any atom is -0.398 e. The Hall–Kier alpha value is -0.890. The summed E-state index contributed by atoms with van der Waals surface area (Å²) in [5.74, 6) is 1.77. The predicted molar refractivity (Wildman–Crippen MR) is 84.8 cm³/mol. The standard InChI is InChI=1S/C16H25ClN2/c1-3-12-4-6-13(7-5-12)10-19-16-9-14(17)15(18)8-11(16)2/h8-9,12-13,19H,3-7,10,18H2,1-2H3. The molecule has 106 valence electrons. The molecule has 0 saturated heterocycles. The van der Waals surface area contributed by atoms with Crippen LogP contribution in [0, 0.1) is 18.8 Å². The van der Waals surface area contributed by atoms with Gasteiger partial charge in [0, 0.05) is 12.2 Å². The van der Waals surface area contributed by atoms with Crippen LogP contribution in [0.3, 0.4) is 0 Å². The van der Waals surface area contributed by atoms with Gasteiger partial charge in [-0.25, -0.2) is 0 Å². The molecule has 0 radical (unpaired) electrons. The first-order chi connectivity index (χ1) is 9.10. The maximum absolute atomic E-state index is 6.08. The van der Waals surface area contributed by atoms with Gasteiger partial charge in [-0.15, -0.1) is 0 Å². The van der Waals surface area contributed by atoms with Gasteiger partial charge >= 0.3 is 0 Å². The van der Waals surface area contributed by atoms with Gasteiger partial charge in [0.1, 0.15) is 0 Å². The lowest BCUT2D eigenvalue weighted by molar-refractivity contribution is 0.278. The Morgan fingerprint density at radius 1 is 1.21 bits per heavy atom. The number of nitrogens with two attached hydrogens (primary N) is 1. The van der Waals surface area contributed by atoms with Crippen molar-refractivity contribution in [3.05, 3.63) is 22.7 Å². The molecule has 3 heteroatoms. The number of hydrogen-bond acceptors (Lipinski definition) is 2. The van der Waals surface area contributed by atoms with Gasteiger partial charge in [0.25, 0.3) is 0 Å². The molecule has 1 aromatic rings. The summed E-state index contributed by atoms with van der Waals surface area (Å²) >= 11 is 6.08. The van der Waals surface area contributed by atoms with Crippen LogP contribution < -0.4 is 11.1 Å². The minimum absolute atomic E-state index is 0.641. The van der Waals surface area contributed by atoms with Crippen molar-refractivity contribution in [2.24, 2.45) is 11.8 Å². The summed E-state index contributed by atoms with van der Waals surface area (Å²) in [6.45, 7) is 5.43. The molecule has 0 unspecified atom stereocenters. The van der Waals surface area contributed by atoms with Crippen molar-refractivity contribution in [1.82, 2.24) is 0 Å². The smallest absolute Gasteiger partial charge is 0.0656 e. The predicted octanol–water partition coefficient (Wildman–Crippen LogP) is 4.86. The van der Waals surface area contributed by atoms with E-state index in [2.05, 4.69) is 19.2 Å². The molecule has 1 fully saturated rings. The van der Waals surface area contributed by atoms with Gasteiger partial charge in [0.2, 0.25) is 0 Å². The van der Waals surface area contributed by atoms with E-state index in [1.165, 1.54) is 37.7 Å². The minimum atomic E-state index is 0.641. The van der Waals surface area contributed by atoms with Gasteiger partial charge in [-0.3, -0.25) is 0 Å². The fourth-order valence-electron chi connectivity index (χ4n) is 2.99. The van der Waals surface area contributed by atoms with Crippen LogP contribution in [0.4, 0.5) is 11.4 Å². The first kappa shape index (κ1) is 14.5. The first-order valence-corrected chi connectivity index (χ1v) is 7.77. The van der Waals surface area contributed by atoms with E-state index in [-0.39, 0.29) is 0 Å². The fraction of sp³-hybridized carbons (Fsp3) is 0.625. The second-order valence-corrected chi connectivity index (χ2v) is 6.27. The van der Waals surface area contributed by atoms with Crippen LogP contribution in [0.5, 0.6) is 0 Å². The molecular formula is C16H25ClN2. The number of rotatable bonds is 4. The van der Waals surface area contributed by atoms with Crippen LogP contribution in [-0.2, 0) is 0 Å². The third kappa shape index (κ3) is 3.79. The van der Waals surface area contributed by atoms with Crippen molar-refractivity contribution in [2.45, 2.75) is 46.0 Å². The van der Waals surface area contributed by atoms with Crippen molar-refractivity contribution in [3.8, 4) is 0 Å². The van der Waals surface area contributed by atoms with Gasteiger partial charge < -0.3 is 11.1 Å². The summed E-state index contributed by atoms with van der Waals surface area (Å²) < 4.78 is 0. The number of nitrogen functional groups attached to an aromatic ring is 1. The highest BCUT2D eigenvalue weighted by atomic mass is 35.5. The highest BCUT2D eigenvalue weighted by molar-refractivity contribution is 6.33. The molecule has 2 rings (SSSR count). The Morgan fingerprint density at radius 2 is 1.84 bits per heavy atom. The highest BCUT2D eigenvalue weighted by Gasteiger charge is 2.19. The van der Waals surface area contributed by atoms with E-state index in [1.807, 2.05) is 12.1 Å². The number of benzene rings is 1. The normalized spacial score (nSPS) is 23.3. The lowest BCUT2D eigenvalue weighted by Gasteiger charge is -2.28. The van der Waals surface area contributed by atoms with Crippen molar-refractivity contribution < 1.29 is 0 Å². The lowest BCUT2D eigenvalue weighted by Crippen LogP contribution is -2.21. The van der Waals surface area contributed by atoms with Gasteiger partial charge in [-0.1, -0.05) is 37.8 Å². The summed E-state index contributed by atoms with van der Waals surface area (Å²) in [5.41, 5.74) is 8.75. The van der Waals surface area contributed by atoms with Crippen LogP contribution in [0.2, 0.25) is 5.02 Å². The fourth-order valence-corrected chi connectivity index (χ4v) is 3.16. The quantitative estimate of drug-likeness (QED) is 0.773. The molecule has 0 amide bonds. The SMILES string of the molecule is CCC1CCC(CNc2cc(Cl)c(N)cc2C)CC1. The lowest BCUT2D eigenvalue weighted by atomic mass is 9.81. The summed E-state index contributed by atoms with van der Waals surface area (Å²) in [7, 11) is 0. The average Bonchev–Trinajstić information content (AvgIpc) is 2.42. The zero-order valence-electron chi connectivity index (χ0n) is 12.0. The molecule has 0 aliphatic heterocycles. The Kier molecular flexibility index (Phi) is 4.98. The van der Waals surface area contributed by atoms with E-state index < -0.39 is 0 Å². The van der Waals surface area contributed by atoms with Crippen LogP contribution in [0.25, 0.3) is 0 Å². The van der Waals surface area contributed by atoms with Crippen molar-refractivity contribution in [3.63, 3.8) is 0 Å². The zero-order valence-corrected chi connectivity index (χ0v) is 12.8. The number of anilines is 2. The van der Waals surface area contributed by atoms with E-state index in [1.54, 1.807) is 0 Å². The summed E-state index contributed by atoms with van der Waals surface area (Å²) in [6.07, 6.45) is 6.84. The van der Waals surface area contributed by atoms with E-state index >= 15 is 0 Å². The Bertz CT molecular complexity index is 423. The highest BCUT2D eigenvalue weighted by Crippen LogP contribution is 2.32. The van der Waals surface area contributed by atoms with Crippen LogP contribution >= 0.6 is 11.6 Å². The number of nitrogens with one attached hydrogen (secondary N) is 1. The van der Waals surface area contributed by atoms with Crippen LogP contribution in [0.15, 0.2) is 12.1 Å². The molecule has 0 aromatic heterocycles. The van der Waals surface area contributed by atoms with E-state index in [9.17, 15) is 0 Å². The van der Waals surface area contributed by atoms with Crippen molar-refractivity contribution in [2.75, 3.05) is 17.6 Å². The molecule has 0 bridgehead atoms. The molecule has 3 N–H and O–H groups in total. The monoisotopic (exact) mass is 280 g/mol. The van der Waals surface area contributed by atoms with E-state index in [0.717, 1.165) is 24.1 Å². The summed E-state index contributed by atoms with van der Waals surface area (Å²) in [4.78, 5) is 0. The van der Waals surface area contributed by atoms with Gasteiger partial charge in [-0.2, -0.15) is 0 Å². The maximum atomic E-state index is 6.08. The molecule has 1 saturated carbocycles. The topological polar surface area (TPSA) is 38.0 Å². The molecule has 0 heterocycles. The van der Waals surface area contributed by atoms with Crippen molar-refractivity contribution in [1.29, 1.82) is 0 Å². The van der Waals surface area contributed by atoms with E-state index in [4.69, 9.17) is 17.3 Å². The molecule has 0 atom stereocenters. The van der Waals surface area contributed by atoms with Crippen LogP contribution in [0.1, 0.15) is 44.6 Å². The third-order valence-electron chi connectivity index (χ3n) is 4.47. The molecular weight excluding hydrogens is 256 g/mol. The van der Waals surface area contributed by atoms with Gasteiger partial charge in [-0.05, 0) is 49.3 Å². The zero-order chi connectivity index (χ0) is 13.8. The molecule has 1 aliphatic rings. The maximum Gasteiger partial charge on any atom is 0.0656 e. The Labute approximate surface area is 121 Å². The molecule has 0 spiro atoms. The summed E-state index contributed by atoms with van der Waals surface area (Å²) in [5, 5.41) is 4.19. The third-order valence-corrected chi connectivity index (χ3v) is 4.80. The molecule has 2 nitrogen and oxygen atoms in total. The van der Waals surface area contributed by atoms with Crippen molar-refractivity contribution >= 4 is 23.0 Å². The Morgan fingerprint density at radius 3 is 2.47 bits per heavy atom. The second kappa shape index (κ2) is 6.51.